The second kappa shape index (κ2) is 5.88. The summed E-state index contributed by atoms with van der Waals surface area (Å²) in [5, 5.41) is 0. The predicted molar refractivity (Wildman–Crippen MR) is 67.2 cm³/mol. The summed E-state index contributed by atoms with van der Waals surface area (Å²) in [5.74, 6) is 0. The zero-order valence-corrected chi connectivity index (χ0v) is 11.7. The number of rotatable bonds is 6. The van der Waals surface area contributed by atoms with Crippen LogP contribution in [0.3, 0.4) is 0 Å². The summed E-state index contributed by atoms with van der Waals surface area (Å²) in [7, 11) is -1.33. The van der Waals surface area contributed by atoms with Gasteiger partial charge in [0.25, 0.3) is 0 Å². The molecule has 0 rings (SSSR count). The average Bonchev–Trinajstić information content (AvgIpc) is 1.92. The van der Waals surface area contributed by atoms with Gasteiger partial charge in [-0.2, -0.15) is 0 Å². The minimum atomic E-state index is -1.33. The standard InChI is InChI=1S/C10H22ClNOSi/c1-10(2,11)9-12-7-6-8-13-14(3,4)5/h9H,6-8H2,1-5H3. The monoisotopic (exact) mass is 235 g/mol. The molecule has 0 amide bonds. The third-order valence-electron chi connectivity index (χ3n) is 1.36. The summed E-state index contributed by atoms with van der Waals surface area (Å²) in [6.45, 7) is 12.1. The van der Waals surface area contributed by atoms with Crippen molar-refractivity contribution in [3.63, 3.8) is 0 Å². The Morgan fingerprint density at radius 2 is 1.93 bits per heavy atom. The Hall–Kier alpha value is 0.137. The molecule has 14 heavy (non-hydrogen) atoms. The molecule has 0 aliphatic heterocycles. The van der Waals surface area contributed by atoms with Gasteiger partial charge in [-0.1, -0.05) is 0 Å². The van der Waals surface area contributed by atoms with Crippen molar-refractivity contribution in [1.82, 2.24) is 0 Å². The molecule has 0 aromatic heterocycles. The van der Waals surface area contributed by atoms with Crippen molar-refractivity contribution in [2.75, 3.05) is 13.2 Å². The molecule has 0 aromatic carbocycles. The van der Waals surface area contributed by atoms with Gasteiger partial charge in [0, 0.05) is 19.4 Å². The first-order valence-corrected chi connectivity index (χ1v) is 8.83. The highest BCUT2D eigenvalue weighted by molar-refractivity contribution is 6.69. The largest absolute Gasteiger partial charge is 0.418 e. The lowest BCUT2D eigenvalue weighted by Gasteiger charge is -2.16. The minimum absolute atomic E-state index is 0.320. The van der Waals surface area contributed by atoms with E-state index in [0.29, 0.717) is 0 Å². The van der Waals surface area contributed by atoms with Gasteiger partial charge in [0.2, 0.25) is 0 Å². The number of hydrogen-bond acceptors (Lipinski definition) is 2. The van der Waals surface area contributed by atoms with Crippen molar-refractivity contribution in [1.29, 1.82) is 0 Å². The lowest BCUT2D eigenvalue weighted by Crippen LogP contribution is -2.26. The molecule has 0 atom stereocenters. The molecule has 4 heteroatoms. The van der Waals surface area contributed by atoms with Crippen molar-refractivity contribution in [3.8, 4) is 0 Å². The zero-order chi connectivity index (χ0) is 11.2. The van der Waals surface area contributed by atoms with Crippen LogP contribution in [0.4, 0.5) is 0 Å². The Morgan fingerprint density at radius 3 is 2.36 bits per heavy atom. The highest BCUT2D eigenvalue weighted by atomic mass is 35.5. The van der Waals surface area contributed by atoms with Crippen molar-refractivity contribution in [3.05, 3.63) is 0 Å². The first kappa shape index (κ1) is 14.1. The molecular formula is C10H22ClNOSi. The minimum Gasteiger partial charge on any atom is -0.418 e. The van der Waals surface area contributed by atoms with Crippen molar-refractivity contribution in [2.45, 2.75) is 44.8 Å². The molecule has 0 unspecified atom stereocenters. The first-order valence-electron chi connectivity index (χ1n) is 5.04. The molecule has 0 aromatic rings. The van der Waals surface area contributed by atoms with E-state index in [0.717, 1.165) is 19.6 Å². The molecule has 0 heterocycles. The van der Waals surface area contributed by atoms with E-state index >= 15 is 0 Å². The van der Waals surface area contributed by atoms with Gasteiger partial charge in [0.15, 0.2) is 8.32 Å². The van der Waals surface area contributed by atoms with Crippen LogP contribution in [-0.2, 0) is 4.43 Å². The van der Waals surface area contributed by atoms with Crippen LogP contribution >= 0.6 is 11.6 Å². The van der Waals surface area contributed by atoms with Gasteiger partial charge < -0.3 is 4.43 Å². The molecule has 0 saturated carbocycles. The van der Waals surface area contributed by atoms with Gasteiger partial charge in [-0.25, -0.2) is 0 Å². The molecule has 0 bridgehead atoms. The average molecular weight is 236 g/mol. The van der Waals surface area contributed by atoms with Gasteiger partial charge in [-0.05, 0) is 39.9 Å². The van der Waals surface area contributed by atoms with Gasteiger partial charge in [-0.3, -0.25) is 4.99 Å². The van der Waals surface area contributed by atoms with E-state index in [9.17, 15) is 0 Å². The lowest BCUT2D eigenvalue weighted by atomic mass is 10.2. The van der Waals surface area contributed by atoms with E-state index in [1.54, 1.807) is 6.21 Å². The van der Waals surface area contributed by atoms with E-state index in [1.165, 1.54) is 0 Å². The third-order valence-corrected chi connectivity index (χ3v) is 2.53. The molecular weight excluding hydrogens is 214 g/mol. The molecule has 0 N–H and O–H groups in total. The second-order valence-electron chi connectivity index (χ2n) is 4.91. The fourth-order valence-corrected chi connectivity index (χ4v) is 1.64. The summed E-state index contributed by atoms with van der Waals surface area (Å²) in [4.78, 5) is 3.92. The topological polar surface area (TPSA) is 21.6 Å². The molecule has 0 saturated heterocycles. The third kappa shape index (κ3) is 12.1. The Kier molecular flexibility index (Phi) is 5.94. The van der Waals surface area contributed by atoms with Gasteiger partial charge in [0.05, 0.1) is 4.87 Å². The number of alkyl halides is 1. The Bertz CT molecular complexity index is 182. The van der Waals surface area contributed by atoms with Crippen molar-refractivity contribution in [2.24, 2.45) is 4.99 Å². The molecule has 0 fully saturated rings. The Labute approximate surface area is 93.8 Å². The molecule has 0 radical (unpaired) electrons. The van der Waals surface area contributed by atoms with Crippen LogP contribution in [0.2, 0.25) is 19.6 Å². The fourth-order valence-electron chi connectivity index (χ4n) is 0.816. The Balaban J connectivity index is 3.44. The van der Waals surface area contributed by atoms with Crippen molar-refractivity contribution >= 4 is 26.1 Å². The van der Waals surface area contributed by atoms with Crippen LogP contribution in [0.5, 0.6) is 0 Å². The van der Waals surface area contributed by atoms with Gasteiger partial charge in [0.1, 0.15) is 0 Å². The summed E-state index contributed by atoms with van der Waals surface area (Å²) in [6, 6.07) is 0. The zero-order valence-electron chi connectivity index (χ0n) is 9.93. The second-order valence-corrected chi connectivity index (χ2v) is 10.4. The number of halogens is 1. The van der Waals surface area contributed by atoms with Crippen LogP contribution in [0.1, 0.15) is 20.3 Å². The first-order chi connectivity index (χ1) is 6.21. The van der Waals surface area contributed by atoms with Crippen molar-refractivity contribution < 1.29 is 4.43 Å². The molecule has 2 nitrogen and oxygen atoms in total. The highest BCUT2D eigenvalue weighted by Crippen LogP contribution is 2.08. The maximum absolute atomic E-state index is 5.94. The molecule has 0 aliphatic rings. The predicted octanol–water partition coefficient (Wildman–Crippen LogP) is 3.32. The van der Waals surface area contributed by atoms with E-state index < -0.39 is 8.32 Å². The number of aliphatic imine (C=N–C) groups is 1. The van der Waals surface area contributed by atoms with E-state index in [4.69, 9.17) is 16.0 Å². The summed E-state index contributed by atoms with van der Waals surface area (Å²) >= 11 is 5.94. The quantitative estimate of drug-likeness (QED) is 0.300. The molecule has 0 spiro atoms. The van der Waals surface area contributed by atoms with E-state index in [1.807, 2.05) is 13.8 Å². The van der Waals surface area contributed by atoms with Crippen LogP contribution < -0.4 is 0 Å². The summed E-state index contributed by atoms with van der Waals surface area (Å²) in [5.41, 5.74) is 0. The molecule has 0 aliphatic carbocycles. The number of hydrogen-bond donors (Lipinski definition) is 0. The Morgan fingerprint density at radius 1 is 1.36 bits per heavy atom. The maximum Gasteiger partial charge on any atom is 0.183 e. The normalized spacial score (nSPS) is 13.9. The lowest BCUT2D eigenvalue weighted by molar-refractivity contribution is 0.307. The van der Waals surface area contributed by atoms with Gasteiger partial charge >= 0.3 is 0 Å². The molecule has 84 valence electrons. The smallest absolute Gasteiger partial charge is 0.183 e. The SMILES string of the molecule is CC(C)(Cl)C=NCCCO[Si](C)(C)C. The van der Waals surface area contributed by atoms with Crippen LogP contribution in [0, 0.1) is 0 Å². The van der Waals surface area contributed by atoms with E-state index in [2.05, 4.69) is 24.6 Å². The van der Waals surface area contributed by atoms with Crippen LogP contribution in [0.15, 0.2) is 4.99 Å². The maximum atomic E-state index is 5.94. The summed E-state index contributed by atoms with van der Waals surface area (Å²) < 4.78 is 5.69. The fraction of sp³-hybridized carbons (Fsp3) is 0.900. The summed E-state index contributed by atoms with van der Waals surface area (Å²) in [6.07, 6.45) is 2.77. The number of nitrogens with zero attached hydrogens (tertiary/aromatic N) is 1. The highest BCUT2D eigenvalue weighted by Gasteiger charge is 2.13. The van der Waals surface area contributed by atoms with Crippen LogP contribution in [-0.4, -0.2) is 32.6 Å². The van der Waals surface area contributed by atoms with Crippen LogP contribution in [0.25, 0.3) is 0 Å². The van der Waals surface area contributed by atoms with E-state index in [-0.39, 0.29) is 4.87 Å². The van der Waals surface area contributed by atoms with Gasteiger partial charge in [-0.15, -0.1) is 11.6 Å².